The Hall–Kier alpha value is -2.62. The van der Waals surface area contributed by atoms with Gasteiger partial charge in [-0.3, -0.25) is 0 Å². The number of hydrogen-bond acceptors (Lipinski definition) is 3. The maximum absolute atomic E-state index is 11.2. The summed E-state index contributed by atoms with van der Waals surface area (Å²) in [7, 11) is 0. The van der Waals surface area contributed by atoms with E-state index in [0.29, 0.717) is 0 Å². The lowest BCUT2D eigenvalue weighted by atomic mass is 9.84. The van der Waals surface area contributed by atoms with Crippen LogP contribution in [-0.4, -0.2) is 36.2 Å². The molecule has 0 radical (unpaired) electrons. The zero-order chi connectivity index (χ0) is 22.0. The summed E-state index contributed by atoms with van der Waals surface area (Å²) < 4.78 is 0. The van der Waals surface area contributed by atoms with Crippen molar-refractivity contribution in [1.82, 2.24) is 4.90 Å². The van der Waals surface area contributed by atoms with Crippen LogP contribution in [0.1, 0.15) is 41.5 Å². The monoisotopic (exact) mass is 426 g/mol. The van der Waals surface area contributed by atoms with Crippen LogP contribution in [0.3, 0.4) is 0 Å². The molecule has 0 atom stereocenters. The second-order valence-corrected chi connectivity index (χ2v) is 9.50. The van der Waals surface area contributed by atoms with E-state index in [1.165, 1.54) is 28.1 Å². The number of rotatable bonds is 5. The summed E-state index contributed by atoms with van der Waals surface area (Å²) >= 11 is 0. The first-order chi connectivity index (χ1) is 15.6. The van der Waals surface area contributed by atoms with E-state index in [1.54, 1.807) is 0 Å². The first kappa shape index (κ1) is 21.2. The van der Waals surface area contributed by atoms with Crippen molar-refractivity contribution >= 4 is 11.4 Å². The molecule has 32 heavy (non-hydrogen) atoms. The van der Waals surface area contributed by atoms with Crippen molar-refractivity contribution in [2.24, 2.45) is 0 Å². The van der Waals surface area contributed by atoms with Crippen molar-refractivity contribution in [3.8, 4) is 0 Å². The highest BCUT2D eigenvalue weighted by Crippen LogP contribution is 2.36. The minimum absolute atomic E-state index is 0.674. The van der Waals surface area contributed by atoms with E-state index >= 15 is 0 Å². The standard InChI is InChI=1S/C29H34N2O/c1-23-11-15-26(16-12-23)29(32)17-21-30(22-18-29)19-6-20-31-27-9-4-2-7-24(27)13-14-25-8-3-5-10-28(25)31/h2-5,7-12,15-16,32H,6,13-14,17-22H2,1H3. The minimum Gasteiger partial charge on any atom is -0.385 e. The number of piperidine rings is 1. The Balaban J connectivity index is 1.22. The van der Waals surface area contributed by atoms with Crippen LogP contribution >= 0.6 is 0 Å². The van der Waals surface area contributed by atoms with Crippen LogP contribution in [0.15, 0.2) is 72.8 Å². The lowest BCUT2D eigenvalue weighted by Gasteiger charge is -2.39. The van der Waals surface area contributed by atoms with Crippen LogP contribution < -0.4 is 4.90 Å². The Kier molecular flexibility index (Phi) is 6.03. The molecule has 2 aliphatic heterocycles. The number of para-hydroxylation sites is 2. The number of hydrogen-bond donors (Lipinski definition) is 1. The quantitative estimate of drug-likeness (QED) is 0.575. The molecule has 5 rings (SSSR count). The van der Waals surface area contributed by atoms with Gasteiger partial charge in [-0.15, -0.1) is 0 Å². The van der Waals surface area contributed by atoms with Crippen LogP contribution in [0.2, 0.25) is 0 Å². The molecule has 2 aliphatic rings. The Bertz CT molecular complexity index is 1000. The van der Waals surface area contributed by atoms with Crippen molar-refractivity contribution in [3.63, 3.8) is 0 Å². The van der Waals surface area contributed by atoms with Gasteiger partial charge in [-0.2, -0.15) is 0 Å². The lowest BCUT2D eigenvalue weighted by Crippen LogP contribution is -2.43. The van der Waals surface area contributed by atoms with Gasteiger partial charge in [-0.25, -0.2) is 0 Å². The second kappa shape index (κ2) is 9.09. The van der Waals surface area contributed by atoms with Crippen LogP contribution in [-0.2, 0) is 18.4 Å². The minimum atomic E-state index is -0.674. The third-order valence-corrected chi connectivity index (χ3v) is 7.36. The number of aliphatic hydroxyl groups is 1. The van der Waals surface area contributed by atoms with Crippen LogP contribution in [0.25, 0.3) is 0 Å². The van der Waals surface area contributed by atoms with Crippen LogP contribution in [0.5, 0.6) is 0 Å². The molecule has 0 amide bonds. The molecule has 1 fully saturated rings. The molecule has 0 aliphatic carbocycles. The number of benzene rings is 3. The normalized spacial score (nSPS) is 18.0. The molecule has 0 aromatic heterocycles. The van der Waals surface area contributed by atoms with Crippen molar-refractivity contribution in [2.45, 2.75) is 44.6 Å². The average molecular weight is 427 g/mol. The van der Waals surface area contributed by atoms with Gasteiger partial charge in [-0.05, 0) is 74.4 Å². The van der Waals surface area contributed by atoms with Gasteiger partial charge in [0.2, 0.25) is 0 Å². The molecule has 3 aromatic carbocycles. The highest BCUT2D eigenvalue weighted by Gasteiger charge is 2.33. The fourth-order valence-corrected chi connectivity index (χ4v) is 5.36. The molecule has 0 spiro atoms. The predicted molar refractivity (Wildman–Crippen MR) is 133 cm³/mol. The van der Waals surface area contributed by atoms with Gasteiger partial charge in [0.1, 0.15) is 0 Å². The van der Waals surface area contributed by atoms with E-state index in [9.17, 15) is 5.11 Å². The van der Waals surface area contributed by atoms with Crippen molar-refractivity contribution in [2.75, 3.05) is 31.1 Å². The summed E-state index contributed by atoms with van der Waals surface area (Å²) in [6.45, 7) is 6.10. The number of nitrogens with zero attached hydrogens (tertiary/aromatic N) is 2. The summed E-state index contributed by atoms with van der Waals surface area (Å²) in [5, 5.41) is 11.2. The molecule has 0 bridgehead atoms. The summed E-state index contributed by atoms with van der Waals surface area (Å²) in [5.74, 6) is 0. The Morgan fingerprint density at radius 3 is 1.91 bits per heavy atom. The Labute approximate surface area is 192 Å². The topological polar surface area (TPSA) is 26.7 Å². The lowest BCUT2D eigenvalue weighted by molar-refractivity contribution is -0.0258. The van der Waals surface area contributed by atoms with Gasteiger partial charge in [0.15, 0.2) is 0 Å². The number of fused-ring (bicyclic) bond motifs is 2. The highest BCUT2D eigenvalue weighted by atomic mass is 16.3. The second-order valence-electron chi connectivity index (χ2n) is 9.50. The molecule has 0 saturated carbocycles. The van der Waals surface area contributed by atoms with Crippen LogP contribution in [0, 0.1) is 6.92 Å². The zero-order valence-corrected chi connectivity index (χ0v) is 19.1. The zero-order valence-electron chi connectivity index (χ0n) is 19.1. The largest absolute Gasteiger partial charge is 0.385 e. The molecule has 166 valence electrons. The van der Waals surface area contributed by atoms with Gasteiger partial charge >= 0.3 is 0 Å². The maximum atomic E-state index is 11.2. The molecule has 3 nitrogen and oxygen atoms in total. The Morgan fingerprint density at radius 1 is 0.750 bits per heavy atom. The molecule has 3 aromatic rings. The predicted octanol–water partition coefficient (Wildman–Crippen LogP) is 5.61. The summed E-state index contributed by atoms with van der Waals surface area (Å²) in [6, 6.07) is 26.2. The van der Waals surface area contributed by atoms with Gasteiger partial charge < -0.3 is 14.9 Å². The molecular formula is C29H34N2O. The first-order valence-corrected chi connectivity index (χ1v) is 12.1. The summed E-state index contributed by atoms with van der Waals surface area (Å²) in [6.07, 6.45) is 4.95. The smallest absolute Gasteiger partial charge is 0.0920 e. The summed E-state index contributed by atoms with van der Waals surface area (Å²) in [5.41, 5.74) is 7.27. The molecule has 3 heteroatoms. The van der Waals surface area contributed by atoms with Gasteiger partial charge in [0, 0.05) is 31.0 Å². The van der Waals surface area contributed by atoms with E-state index in [1.807, 2.05) is 0 Å². The van der Waals surface area contributed by atoms with Crippen molar-refractivity contribution in [1.29, 1.82) is 0 Å². The fraction of sp³-hybridized carbons (Fsp3) is 0.379. The van der Waals surface area contributed by atoms with Gasteiger partial charge in [0.05, 0.1) is 5.60 Å². The number of likely N-dealkylation sites (tertiary alicyclic amines) is 1. The van der Waals surface area contributed by atoms with Gasteiger partial charge in [-0.1, -0.05) is 66.2 Å². The van der Waals surface area contributed by atoms with E-state index in [-0.39, 0.29) is 0 Å². The van der Waals surface area contributed by atoms with Crippen molar-refractivity contribution in [3.05, 3.63) is 95.1 Å². The molecule has 1 saturated heterocycles. The molecular weight excluding hydrogens is 392 g/mol. The molecule has 1 N–H and O–H groups in total. The van der Waals surface area contributed by atoms with E-state index in [4.69, 9.17) is 0 Å². The van der Waals surface area contributed by atoms with Gasteiger partial charge in [0.25, 0.3) is 0 Å². The highest BCUT2D eigenvalue weighted by molar-refractivity contribution is 5.71. The molecule has 0 unspecified atom stereocenters. The fourth-order valence-electron chi connectivity index (χ4n) is 5.36. The van der Waals surface area contributed by atoms with Crippen LogP contribution in [0.4, 0.5) is 11.4 Å². The SMILES string of the molecule is Cc1ccc(C2(O)CCN(CCCN3c4ccccc4CCc4ccccc43)CC2)cc1. The molecule has 2 heterocycles. The number of anilines is 2. The van der Waals surface area contributed by atoms with E-state index < -0.39 is 5.60 Å². The van der Waals surface area contributed by atoms with E-state index in [0.717, 1.165) is 63.8 Å². The maximum Gasteiger partial charge on any atom is 0.0920 e. The van der Waals surface area contributed by atoms with E-state index in [2.05, 4.69) is 89.5 Å². The number of aryl methyl sites for hydroxylation is 3. The average Bonchev–Trinajstić information content (AvgIpc) is 2.98. The third kappa shape index (κ3) is 4.32. The first-order valence-electron chi connectivity index (χ1n) is 12.1. The third-order valence-electron chi connectivity index (χ3n) is 7.36. The van der Waals surface area contributed by atoms with Crippen molar-refractivity contribution < 1.29 is 5.11 Å². The summed E-state index contributed by atoms with van der Waals surface area (Å²) in [4.78, 5) is 5.06. The Morgan fingerprint density at radius 2 is 1.31 bits per heavy atom.